The highest BCUT2D eigenvalue weighted by Gasteiger charge is 2.44. The van der Waals surface area contributed by atoms with Crippen molar-refractivity contribution >= 4 is 43.3 Å². The molecule has 214 valence electrons. The number of piperazine rings is 1. The molecule has 0 radical (unpaired) electrons. The van der Waals surface area contributed by atoms with Crippen LogP contribution in [0, 0.1) is 0 Å². The van der Waals surface area contributed by atoms with Gasteiger partial charge in [-0.15, -0.1) is 11.3 Å². The normalized spacial score (nSPS) is 21.4. The summed E-state index contributed by atoms with van der Waals surface area (Å²) in [6.07, 6.45) is 1.14. The van der Waals surface area contributed by atoms with Crippen molar-refractivity contribution in [3.63, 3.8) is 0 Å². The molecule has 2 atom stereocenters. The number of ether oxygens (including phenoxy) is 1. The summed E-state index contributed by atoms with van der Waals surface area (Å²) >= 11 is 1.06. The Kier molecular flexibility index (Phi) is 9.74. The van der Waals surface area contributed by atoms with Crippen LogP contribution in [-0.4, -0.2) is 86.8 Å². The summed E-state index contributed by atoms with van der Waals surface area (Å²) in [7, 11) is -8.12. The minimum absolute atomic E-state index is 0.0217. The first-order valence-electron chi connectivity index (χ1n) is 12.5. The molecule has 1 amide bonds. The summed E-state index contributed by atoms with van der Waals surface area (Å²) in [5, 5.41) is 8.85. The third-order valence-corrected chi connectivity index (χ3v) is 11.8. The van der Waals surface area contributed by atoms with Gasteiger partial charge in [0.2, 0.25) is 10.0 Å². The molecule has 0 bridgehead atoms. The Hall–Kier alpha value is -2.40. The number of hydroxylamine groups is 1. The summed E-state index contributed by atoms with van der Waals surface area (Å²) in [4.78, 5) is 30.2. The van der Waals surface area contributed by atoms with E-state index in [1.54, 1.807) is 6.07 Å². The van der Waals surface area contributed by atoms with Gasteiger partial charge in [0.05, 0.1) is 5.75 Å². The maximum absolute atomic E-state index is 13.7. The zero-order valence-electron chi connectivity index (χ0n) is 21.1. The fourth-order valence-corrected chi connectivity index (χ4v) is 8.86. The molecule has 0 spiro atoms. The minimum Gasteiger partial charge on any atom is -0.481 e. The zero-order chi connectivity index (χ0) is 28.0. The number of carbonyl (C=O) groups is 2. The second kappa shape index (κ2) is 12.8. The topological polar surface area (TPSA) is 160 Å². The summed E-state index contributed by atoms with van der Waals surface area (Å²) in [6, 6.07) is 11.0. The predicted molar refractivity (Wildman–Crippen MR) is 142 cm³/mol. The second-order valence-electron chi connectivity index (χ2n) is 9.17. The molecule has 1 aromatic carbocycles. The number of nitrogens with zero attached hydrogens (tertiary/aromatic N) is 2. The number of carboxylic acids is 1. The maximum atomic E-state index is 13.7. The first-order valence-corrected chi connectivity index (χ1v) is 16.4. The monoisotopic (exact) mass is 601 g/mol. The van der Waals surface area contributed by atoms with Crippen molar-refractivity contribution in [1.29, 1.82) is 0 Å². The fraction of sp³-hybridized carbons (Fsp3) is 0.500. The van der Waals surface area contributed by atoms with Gasteiger partial charge in [0.25, 0.3) is 15.9 Å². The molecule has 1 unspecified atom stereocenters. The van der Waals surface area contributed by atoms with Crippen molar-refractivity contribution in [2.45, 2.75) is 48.6 Å². The van der Waals surface area contributed by atoms with E-state index in [0.29, 0.717) is 13.0 Å². The van der Waals surface area contributed by atoms with Crippen LogP contribution in [0.1, 0.15) is 32.1 Å². The SMILES string of the molecule is O=C(O)CCCS(=O)(=O)N1CCN(S(=O)(=O)c2ccc(-c3ccccc3)s2)[C@@H](C(=O)NOC2CCCCO2)C1. The van der Waals surface area contributed by atoms with Crippen LogP contribution >= 0.6 is 11.3 Å². The van der Waals surface area contributed by atoms with Crippen molar-refractivity contribution in [3.8, 4) is 10.4 Å². The number of nitrogens with one attached hydrogen (secondary N) is 1. The van der Waals surface area contributed by atoms with Crippen molar-refractivity contribution in [3.05, 3.63) is 42.5 Å². The van der Waals surface area contributed by atoms with Gasteiger partial charge in [-0.2, -0.15) is 8.61 Å². The Morgan fingerprint density at radius 1 is 1.08 bits per heavy atom. The summed E-state index contributed by atoms with van der Waals surface area (Å²) in [5.74, 6) is -2.37. The van der Waals surface area contributed by atoms with Crippen LogP contribution in [0.3, 0.4) is 0 Å². The van der Waals surface area contributed by atoms with Crippen molar-refractivity contribution in [2.24, 2.45) is 0 Å². The van der Waals surface area contributed by atoms with Crippen LogP contribution in [-0.2, 0) is 39.2 Å². The van der Waals surface area contributed by atoms with E-state index in [0.717, 1.165) is 43.2 Å². The molecular weight excluding hydrogens is 570 g/mol. The molecule has 3 heterocycles. The smallest absolute Gasteiger partial charge is 0.303 e. The fourth-order valence-electron chi connectivity index (χ4n) is 4.36. The van der Waals surface area contributed by atoms with Crippen LogP contribution in [0.25, 0.3) is 10.4 Å². The first kappa shape index (κ1) is 29.6. The predicted octanol–water partition coefficient (Wildman–Crippen LogP) is 1.86. The summed E-state index contributed by atoms with van der Waals surface area (Å²) < 4.78 is 60.7. The lowest BCUT2D eigenvalue weighted by molar-refractivity contribution is -0.202. The van der Waals surface area contributed by atoms with Crippen LogP contribution in [0.2, 0.25) is 0 Å². The standard InChI is InChI=1S/C24H31N3O9S3/c28-21(29)9-6-16-38(31,32)26-13-14-27(19(17-26)24(30)25-36-22-10-4-5-15-35-22)39(33,34)23-12-11-20(37-23)18-7-2-1-3-8-18/h1-3,7-8,11-12,19,22H,4-6,9-10,13-17H2,(H,25,30)(H,28,29)/t19-,22?/m1/s1. The molecule has 2 saturated heterocycles. The molecule has 0 saturated carbocycles. The van der Waals surface area contributed by atoms with Gasteiger partial charge in [-0.05, 0) is 37.0 Å². The molecule has 15 heteroatoms. The van der Waals surface area contributed by atoms with Crippen LogP contribution in [0.15, 0.2) is 46.7 Å². The molecule has 2 aliphatic heterocycles. The minimum atomic E-state index is -4.18. The van der Waals surface area contributed by atoms with Gasteiger partial charge in [0.15, 0.2) is 6.29 Å². The lowest BCUT2D eigenvalue weighted by Gasteiger charge is -2.38. The van der Waals surface area contributed by atoms with Crippen LogP contribution < -0.4 is 5.48 Å². The number of hydrogen-bond acceptors (Lipinski definition) is 9. The maximum Gasteiger partial charge on any atom is 0.303 e. The molecule has 4 rings (SSSR count). The van der Waals surface area contributed by atoms with E-state index in [9.17, 15) is 26.4 Å². The average molecular weight is 602 g/mol. The highest BCUT2D eigenvalue weighted by atomic mass is 32.2. The zero-order valence-corrected chi connectivity index (χ0v) is 23.5. The molecular formula is C24H31N3O9S3. The number of hydrogen-bond donors (Lipinski definition) is 2. The molecule has 2 fully saturated rings. The molecule has 2 aromatic rings. The first-order chi connectivity index (χ1) is 18.6. The van der Waals surface area contributed by atoms with Crippen molar-refractivity contribution in [1.82, 2.24) is 14.1 Å². The van der Waals surface area contributed by atoms with E-state index < -0.39 is 56.6 Å². The Morgan fingerprint density at radius 3 is 2.54 bits per heavy atom. The van der Waals surface area contributed by atoms with Gasteiger partial charge >= 0.3 is 5.97 Å². The Morgan fingerprint density at radius 2 is 1.85 bits per heavy atom. The molecule has 12 nitrogen and oxygen atoms in total. The van der Waals surface area contributed by atoms with Crippen LogP contribution in [0.4, 0.5) is 0 Å². The highest BCUT2D eigenvalue weighted by Crippen LogP contribution is 2.33. The second-order valence-corrected chi connectivity index (χ2v) is 14.5. The quantitative estimate of drug-likeness (QED) is 0.367. The number of sulfonamides is 2. The van der Waals surface area contributed by atoms with E-state index in [4.69, 9.17) is 14.7 Å². The van der Waals surface area contributed by atoms with E-state index in [2.05, 4.69) is 5.48 Å². The molecule has 2 aliphatic rings. The van der Waals surface area contributed by atoms with Gasteiger partial charge < -0.3 is 9.84 Å². The number of amides is 1. The Bertz CT molecular complexity index is 1360. The highest BCUT2D eigenvalue weighted by molar-refractivity contribution is 7.91. The van der Waals surface area contributed by atoms with Gasteiger partial charge in [0, 0.05) is 44.0 Å². The third-order valence-electron chi connectivity index (χ3n) is 6.41. The van der Waals surface area contributed by atoms with Crippen molar-refractivity contribution < 1.29 is 41.1 Å². The number of rotatable bonds is 11. The number of carboxylic acid groups (broad SMARTS) is 1. The largest absolute Gasteiger partial charge is 0.481 e. The number of carbonyl (C=O) groups excluding carboxylic acids is 1. The number of thiophene rings is 1. The summed E-state index contributed by atoms with van der Waals surface area (Å²) in [6.45, 7) is -0.416. The van der Waals surface area contributed by atoms with Crippen molar-refractivity contribution in [2.75, 3.05) is 32.0 Å². The lowest BCUT2D eigenvalue weighted by atomic mass is 10.2. The van der Waals surface area contributed by atoms with Gasteiger partial charge in [0.1, 0.15) is 10.3 Å². The van der Waals surface area contributed by atoms with E-state index >= 15 is 0 Å². The lowest BCUT2D eigenvalue weighted by Crippen LogP contribution is -2.61. The molecule has 2 N–H and O–H groups in total. The third kappa shape index (κ3) is 7.42. The number of aliphatic carboxylic acids is 1. The van der Waals surface area contributed by atoms with Crippen LogP contribution in [0.5, 0.6) is 0 Å². The van der Waals surface area contributed by atoms with Gasteiger partial charge in [-0.25, -0.2) is 27.2 Å². The molecule has 0 aliphatic carbocycles. The Labute approximate surface area is 231 Å². The van der Waals surface area contributed by atoms with E-state index in [1.165, 1.54) is 6.07 Å². The van der Waals surface area contributed by atoms with E-state index in [1.807, 2.05) is 30.3 Å². The Balaban J connectivity index is 1.55. The number of benzene rings is 1. The van der Waals surface area contributed by atoms with E-state index in [-0.39, 0.29) is 30.1 Å². The van der Waals surface area contributed by atoms with Gasteiger partial charge in [-0.3, -0.25) is 9.59 Å². The molecule has 1 aromatic heterocycles. The average Bonchev–Trinajstić information content (AvgIpc) is 3.44. The molecule has 39 heavy (non-hydrogen) atoms. The summed E-state index contributed by atoms with van der Waals surface area (Å²) in [5.41, 5.74) is 3.11. The van der Waals surface area contributed by atoms with Gasteiger partial charge in [-0.1, -0.05) is 30.3 Å².